The Morgan fingerprint density at radius 2 is 1.47 bits per heavy atom. The van der Waals surface area contributed by atoms with E-state index in [9.17, 15) is 14.4 Å². The molecule has 0 saturated heterocycles. The molecule has 0 aliphatic rings. The Labute approximate surface area is 177 Å². The highest BCUT2D eigenvalue weighted by Crippen LogP contribution is 2.16. The van der Waals surface area contributed by atoms with Crippen LogP contribution in [0.5, 0.6) is 0 Å². The van der Waals surface area contributed by atoms with Gasteiger partial charge < -0.3 is 20.7 Å². The summed E-state index contributed by atoms with van der Waals surface area (Å²) in [6.45, 7) is 9.45. The van der Waals surface area contributed by atoms with Crippen molar-refractivity contribution in [2.45, 2.75) is 46.6 Å². The summed E-state index contributed by atoms with van der Waals surface area (Å²) < 4.78 is 5.11. The molecule has 3 N–H and O–H groups in total. The van der Waals surface area contributed by atoms with Gasteiger partial charge in [-0.3, -0.25) is 9.59 Å². The normalized spacial score (nSPS) is 10.8. The van der Waals surface area contributed by atoms with E-state index in [1.807, 2.05) is 26.0 Å². The van der Waals surface area contributed by atoms with Gasteiger partial charge in [-0.25, -0.2) is 4.79 Å². The Kier molecular flexibility index (Phi) is 7.58. The maximum Gasteiger partial charge on any atom is 0.407 e. The van der Waals surface area contributed by atoms with Crippen molar-refractivity contribution in [2.75, 3.05) is 17.2 Å². The first-order valence-corrected chi connectivity index (χ1v) is 9.79. The quantitative estimate of drug-likeness (QED) is 0.656. The van der Waals surface area contributed by atoms with E-state index >= 15 is 0 Å². The topological polar surface area (TPSA) is 96.5 Å². The zero-order valence-electron chi connectivity index (χ0n) is 18.1. The third kappa shape index (κ3) is 7.58. The van der Waals surface area contributed by atoms with Gasteiger partial charge in [0.15, 0.2) is 0 Å². The molecule has 0 atom stereocenters. The summed E-state index contributed by atoms with van der Waals surface area (Å²) in [5.41, 5.74) is 3.42. The van der Waals surface area contributed by atoms with E-state index in [1.165, 1.54) is 0 Å². The molecule has 2 aromatic rings. The number of ether oxygens (including phenoxy) is 1. The van der Waals surface area contributed by atoms with Gasteiger partial charge in [0.2, 0.25) is 5.91 Å². The van der Waals surface area contributed by atoms with Crippen LogP contribution in [0.4, 0.5) is 16.2 Å². The number of nitrogens with one attached hydrogen (secondary N) is 3. The highest BCUT2D eigenvalue weighted by atomic mass is 16.6. The molecule has 2 rings (SSSR count). The fourth-order valence-corrected chi connectivity index (χ4v) is 2.54. The Hall–Kier alpha value is -3.35. The molecule has 0 heterocycles. The van der Waals surface area contributed by atoms with Crippen molar-refractivity contribution in [3.05, 3.63) is 59.2 Å². The molecule has 2 aromatic carbocycles. The van der Waals surface area contributed by atoms with E-state index in [1.54, 1.807) is 51.1 Å². The van der Waals surface area contributed by atoms with Gasteiger partial charge >= 0.3 is 6.09 Å². The van der Waals surface area contributed by atoms with Crippen LogP contribution in [-0.4, -0.2) is 30.1 Å². The van der Waals surface area contributed by atoms with Crippen molar-refractivity contribution in [2.24, 2.45) is 0 Å². The number of rotatable bonds is 6. The van der Waals surface area contributed by atoms with Gasteiger partial charge in [-0.05, 0) is 82.1 Å². The highest BCUT2D eigenvalue weighted by molar-refractivity contribution is 6.04. The summed E-state index contributed by atoms with van der Waals surface area (Å²) in [6.07, 6.45) is -0.441. The second-order valence-electron chi connectivity index (χ2n) is 8.06. The van der Waals surface area contributed by atoms with Crippen LogP contribution in [0.3, 0.4) is 0 Å². The number of carbonyl (C=O) groups is 3. The third-order valence-electron chi connectivity index (χ3n) is 4.22. The molecule has 7 nitrogen and oxygen atoms in total. The maximum atomic E-state index is 12.4. The minimum atomic E-state index is -0.582. The van der Waals surface area contributed by atoms with E-state index in [4.69, 9.17) is 4.74 Å². The zero-order valence-corrected chi connectivity index (χ0v) is 18.1. The molecule has 0 aromatic heterocycles. The number of hydrogen-bond donors (Lipinski definition) is 3. The Morgan fingerprint density at radius 1 is 0.867 bits per heavy atom. The molecule has 0 fully saturated rings. The lowest BCUT2D eigenvalue weighted by Gasteiger charge is -2.19. The summed E-state index contributed by atoms with van der Waals surface area (Å²) in [5.74, 6) is -0.430. The lowest BCUT2D eigenvalue weighted by Crippen LogP contribution is -2.34. The number of aryl methyl sites for hydroxylation is 2. The van der Waals surface area contributed by atoms with Crippen molar-refractivity contribution >= 4 is 29.3 Å². The van der Waals surface area contributed by atoms with E-state index in [2.05, 4.69) is 16.0 Å². The van der Waals surface area contributed by atoms with Crippen molar-refractivity contribution in [1.82, 2.24) is 5.32 Å². The summed E-state index contributed by atoms with van der Waals surface area (Å²) in [4.78, 5) is 36.0. The third-order valence-corrected chi connectivity index (χ3v) is 4.22. The van der Waals surface area contributed by atoms with Gasteiger partial charge in [-0.1, -0.05) is 6.07 Å². The van der Waals surface area contributed by atoms with Gasteiger partial charge in [0, 0.05) is 29.9 Å². The van der Waals surface area contributed by atoms with Crippen molar-refractivity contribution in [3.63, 3.8) is 0 Å². The van der Waals surface area contributed by atoms with Gasteiger partial charge in [0.05, 0.1) is 0 Å². The van der Waals surface area contributed by atoms with E-state index in [-0.39, 0.29) is 24.8 Å². The second-order valence-corrected chi connectivity index (χ2v) is 8.06. The SMILES string of the molecule is Cc1ccc(C(=O)Nc2ccc(NC(=O)CCNC(=O)OC(C)(C)C)cc2)cc1C. The first kappa shape index (κ1) is 22.9. The molecule has 0 aliphatic carbocycles. The van der Waals surface area contributed by atoms with Crippen molar-refractivity contribution < 1.29 is 19.1 Å². The molecule has 0 bridgehead atoms. The standard InChI is InChI=1S/C23H29N3O4/c1-15-6-7-17(14-16(15)2)21(28)26-19-10-8-18(9-11-19)25-20(27)12-13-24-22(29)30-23(3,4)5/h6-11,14H,12-13H2,1-5H3,(H,24,29)(H,25,27)(H,26,28). The molecule has 0 aliphatic heterocycles. The van der Waals surface area contributed by atoms with Crippen LogP contribution in [0.1, 0.15) is 48.7 Å². The molecular weight excluding hydrogens is 382 g/mol. The summed E-state index contributed by atoms with van der Waals surface area (Å²) >= 11 is 0. The number of hydrogen-bond acceptors (Lipinski definition) is 4. The number of carbonyl (C=O) groups excluding carboxylic acids is 3. The maximum absolute atomic E-state index is 12.4. The molecule has 0 unspecified atom stereocenters. The molecule has 160 valence electrons. The smallest absolute Gasteiger partial charge is 0.407 e. The molecule has 0 saturated carbocycles. The van der Waals surface area contributed by atoms with Crippen LogP contribution >= 0.6 is 0 Å². The van der Waals surface area contributed by atoms with Gasteiger partial charge in [0.25, 0.3) is 5.91 Å². The van der Waals surface area contributed by atoms with Crippen molar-refractivity contribution in [3.8, 4) is 0 Å². The van der Waals surface area contributed by atoms with Crippen LogP contribution in [0, 0.1) is 13.8 Å². The summed E-state index contributed by atoms with van der Waals surface area (Å²) in [6, 6.07) is 12.4. The molecule has 3 amide bonds. The number of amides is 3. The average Bonchev–Trinajstić information content (AvgIpc) is 2.64. The number of anilines is 2. The second kappa shape index (κ2) is 9.91. The van der Waals surface area contributed by atoms with E-state index in [0.717, 1.165) is 11.1 Å². The van der Waals surface area contributed by atoms with Gasteiger partial charge in [-0.2, -0.15) is 0 Å². The van der Waals surface area contributed by atoms with Crippen LogP contribution < -0.4 is 16.0 Å². The number of alkyl carbamates (subject to hydrolysis) is 1. The molecule has 30 heavy (non-hydrogen) atoms. The minimum absolute atomic E-state index is 0.116. The monoisotopic (exact) mass is 411 g/mol. The summed E-state index contributed by atoms with van der Waals surface area (Å²) in [7, 11) is 0. The van der Waals surface area contributed by atoms with Crippen molar-refractivity contribution in [1.29, 1.82) is 0 Å². The molecule has 0 spiro atoms. The van der Waals surface area contributed by atoms with Crippen LogP contribution in [0.15, 0.2) is 42.5 Å². The molecular formula is C23H29N3O4. The van der Waals surface area contributed by atoms with Crippen LogP contribution in [0.25, 0.3) is 0 Å². The predicted octanol–water partition coefficient (Wildman–Crippen LogP) is 4.41. The molecule has 0 radical (unpaired) electrons. The fourth-order valence-electron chi connectivity index (χ4n) is 2.54. The Morgan fingerprint density at radius 3 is 2.03 bits per heavy atom. The fraction of sp³-hybridized carbons (Fsp3) is 0.348. The largest absolute Gasteiger partial charge is 0.444 e. The average molecular weight is 412 g/mol. The number of benzene rings is 2. The van der Waals surface area contributed by atoms with Crippen LogP contribution in [-0.2, 0) is 9.53 Å². The first-order chi connectivity index (χ1) is 14.0. The van der Waals surface area contributed by atoms with Crippen LogP contribution in [0.2, 0.25) is 0 Å². The van der Waals surface area contributed by atoms with Gasteiger partial charge in [-0.15, -0.1) is 0 Å². The Balaban J connectivity index is 1.81. The first-order valence-electron chi connectivity index (χ1n) is 9.79. The lowest BCUT2D eigenvalue weighted by atomic mass is 10.1. The molecule has 7 heteroatoms. The highest BCUT2D eigenvalue weighted by Gasteiger charge is 2.16. The van der Waals surface area contributed by atoms with E-state index < -0.39 is 11.7 Å². The van der Waals surface area contributed by atoms with Gasteiger partial charge in [0.1, 0.15) is 5.60 Å². The predicted molar refractivity (Wildman–Crippen MR) is 118 cm³/mol. The summed E-state index contributed by atoms with van der Waals surface area (Å²) in [5, 5.41) is 8.12. The zero-order chi connectivity index (χ0) is 22.3. The lowest BCUT2D eigenvalue weighted by molar-refractivity contribution is -0.116. The Bertz CT molecular complexity index is 915. The minimum Gasteiger partial charge on any atom is -0.444 e. The van der Waals surface area contributed by atoms with E-state index in [0.29, 0.717) is 16.9 Å².